The fourth-order valence-corrected chi connectivity index (χ4v) is 2.54. The summed E-state index contributed by atoms with van der Waals surface area (Å²) in [7, 11) is 0. The Labute approximate surface area is 129 Å². The number of nitrogens with zero attached hydrogens (tertiary/aromatic N) is 1. The van der Waals surface area contributed by atoms with Crippen LogP contribution < -0.4 is 5.32 Å². The molecule has 1 aliphatic heterocycles. The molecule has 22 heavy (non-hydrogen) atoms. The van der Waals surface area contributed by atoms with Crippen LogP contribution in [0.4, 0.5) is 0 Å². The molecule has 6 heteroatoms. The van der Waals surface area contributed by atoms with E-state index < -0.39 is 12.0 Å². The fraction of sp³-hybridized carbons (Fsp3) is 0.438. The first kappa shape index (κ1) is 16.0. The second-order valence-electron chi connectivity index (χ2n) is 5.70. The SMILES string of the molecule is CC(C)NC(=O)c1ccc(C(=O)N2CCC[C@H]2C(=O)O)cc1. The highest BCUT2D eigenvalue weighted by atomic mass is 16.4. The molecule has 0 aromatic heterocycles. The van der Waals surface area contributed by atoms with Crippen LogP contribution in [0.3, 0.4) is 0 Å². The lowest BCUT2D eigenvalue weighted by molar-refractivity contribution is -0.141. The summed E-state index contributed by atoms with van der Waals surface area (Å²) in [5, 5.41) is 11.9. The molecule has 0 bridgehead atoms. The molecule has 1 heterocycles. The molecular formula is C16H20N2O4. The van der Waals surface area contributed by atoms with Crippen molar-refractivity contribution in [2.75, 3.05) is 6.54 Å². The van der Waals surface area contributed by atoms with Crippen molar-refractivity contribution >= 4 is 17.8 Å². The van der Waals surface area contributed by atoms with E-state index in [9.17, 15) is 14.4 Å². The Morgan fingerprint density at radius 1 is 1.18 bits per heavy atom. The summed E-state index contributed by atoms with van der Waals surface area (Å²) in [6.45, 7) is 4.19. The summed E-state index contributed by atoms with van der Waals surface area (Å²) in [4.78, 5) is 36.8. The van der Waals surface area contributed by atoms with Gasteiger partial charge in [-0.1, -0.05) is 0 Å². The summed E-state index contributed by atoms with van der Waals surface area (Å²) >= 11 is 0. The van der Waals surface area contributed by atoms with E-state index in [2.05, 4.69) is 5.32 Å². The number of amides is 2. The number of aliphatic carboxylic acids is 1. The molecule has 0 unspecified atom stereocenters. The van der Waals surface area contributed by atoms with Crippen LogP contribution in [0.2, 0.25) is 0 Å². The van der Waals surface area contributed by atoms with Gasteiger partial charge in [0.1, 0.15) is 6.04 Å². The normalized spacial score (nSPS) is 17.6. The quantitative estimate of drug-likeness (QED) is 0.883. The van der Waals surface area contributed by atoms with Gasteiger partial charge in [0.15, 0.2) is 0 Å². The molecule has 6 nitrogen and oxygen atoms in total. The lowest BCUT2D eigenvalue weighted by atomic mass is 10.1. The molecule has 1 aliphatic rings. The molecule has 2 N–H and O–H groups in total. The molecule has 1 fully saturated rings. The zero-order chi connectivity index (χ0) is 16.3. The predicted octanol–water partition coefficient (Wildman–Crippen LogP) is 1.51. The molecule has 0 saturated carbocycles. The smallest absolute Gasteiger partial charge is 0.326 e. The van der Waals surface area contributed by atoms with Gasteiger partial charge >= 0.3 is 5.97 Å². The van der Waals surface area contributed by atoms with E-state index in [1.165, 1.54) is 4.90 Å². The molecule has 0 spiro atoms. The number of nitrogens with one attached hydrogen (secondary N) is 1. The first-order valence-electron chi connectivity index (χ1n) is 7.35. The number of hydrogen-bond acceptors (Lipinski definition) is 3. The van der Waals surface area contributed by atoms with Crippen molar-refractivity contribution in [2.45, 2.75) is 38.8 Å². The first-order chi connectivity index (χ1) is 10.4. The summed E-state index contributed by atoms with van der Waals surface area (Å²) in [6, 6.07) is 5.57. The average Bonchev–Trinajstić information content (AvgIpc) is 2.95. The van der Waals surface area contributed by atoms with Crippen molar-refractivity contribution in [3.63, 3.8) is 0 Å². The lowest BCUT2D eigenvalue weighted by Crippen LogP contribution is -2.40. The third-order valence-corrected chi connectivity index (χ3v) is 3.61. The van der Waals surface area contributed by atoms with Crippen molar-refractivity contribution < 1.29 is 19.5 Å². The number of carboxylic acids is 1. The number of rotatable bonds is 4. The standard InChI is InChI=1S/C16H20N2O4/c1-10(2)17-14(19)11-5-7-12(8-6-11)15(20)18-9-3-4-13(18)16(21)22/h5-8,10,13H,3-4,9H2,1-2H3,(H,17,19)(H,21,22)/t13-/m0/s1. The maximum atomic E-state index is 12.4. The number of carbonyl (C=O) groups is 3. The van der Waals surface area contributed by atoms with Crippen LogP contribution in [-0.2, 0) is 4.79 Å². The van der Waals surface area contributed by atoms with Gasteiger partial charge in [0, 0.05) is 23.7 Å². The molecule has 1 atom stereocenters. The highest BCUT2D eigenvalue weighted by Gasteiger charge is 2.34. The molecule has 2 amide bonds. The Morgan fingerprint density at radius 2 is 1.77 bits per heavy atom. The van der Waals surface area contributed by atoms with Gasteiger partial charge in [0.2, 0.25) is 0 Å². The summed E-state index contributed by atoms with van der Waals surface area (Å²) in [6.07, 6.45) is 1.17. The third-order valence-electron chi connectivity index (χ3n) is 3.61. The van der Waals surface area contributed by atoms with E-state index in [0.29, 0.717) is 30.5 Å². The molecule has 1 saturated heterocycles. The molecular weight excluding hydrogens is 284 g/mol. The van der Waals surface area contributed by atoms with E-state index in [1.54, 1.807) is 24.3 Å². The van der Waals surface area contributed by atoms with Crippen LogP contribution in [0.5, 0.6) is 0 Å². The monoisotopic (exact) mass is 304 g/mol. The van der Waals surface area contributed by atoms with Crippen LogP contribution >= 0.6 is 0 Å². The Bertz CT molecular complexity index is 580. The van der Waals surface area contributed by atoms with Crippen molar-refractivity contribution in [3.8, 4) is 0 Å². The van der Waals surface area contributed by atoms with Crippen LogP contribution in [0.15, 0.2) is 24.3 Å². The minimum absolute atomic E-state index is 0.0368. The van der Waals surface area contributed by atoms with Gasteiger partial charge in [0.25, 0.3) is 11.8 Å². The Hall–Kier alpha value is -2.37. The number of likely N-dealkylation sites (tertiary alicyclic amines) is 1. The van der Waals surface area contributed by atoms with Gasteiger partial charge in [-0.15, -0.1) is 0 Å². The molecule has 118 valence electrons. The van der Waals surface area contributed by atoms with E-state index in [-0.39, 0.29) is 17.9 Å². The van der Waals surface area contributed by atoms with E-state index >= 15 is 0 Å². The Balaban J connectivity index is 2.11. The van der Waals surface area contributed by atoms with Gasteiger partial charge in [-0.3, -0.25) is 9.59 Å². The van der Waals surface area contributed by atoms with Crippen molar-refractivity contribution in [2.24, 2.45) is 0 Å². The average molecular weight is 304 g/mol. The number of carbonyl (C=O) groups excluding carboxylic acids is 2. The summed E-state index contributed by atoms with van der Waals surface area (Å²) in [5.74, 6) is -1.47. The van der Waals surface area contributed by atoms with Gasteiger partial charge in [0.05, 0.1) is 0 Å². The molecule has 1 aromatic rings. The van der Waals surface area contributed by atoms with Crippen LogP contribution in [0, 0.1) is 0 Å². The summed E-state index contributed by atoms with van der Waals surface area (Å²) < 4.78 is 0. The Morgan fingerprint density at radius 3 is 2.32 bits per heavy atom. The second-order valence-corrected chi connectivity index (χ2v) is 5.70. The molecule has 0 aliphatic carbocycles. The Kier molecular flexibility index (Phi) is 4.80. The van der Waals surface area contributed by atoms with Gasteiger partial charge in [-0.05, 0) is 51.0 Å². The highest BCUT2D eigenvalue weighted by molar-refractivity contribution is 5.99. The summed E-state index contributed by atoms with van der Waals surface area (Å²) in [5.41, 5.74) is 0.871. The third kappa shape index (κ3) is 3.44. The maximum absolute atomic E-state index is 12.4. The maximum Gasteiger partial charge on any atom is 0.326 e. The zero-order valence-corrected chi connectivity index (χ0v) is 12.7. The van der Waals surface area contributed by atoms with Crippen LogP contribution in [0.1, 0.15) is 47.4 Å². The van der Waals surface area contributed by atoms with E-state index in [0.717, 1.165) is 0 Å². The van der Waals surface area contributed by atoms with E-state index in [1.807, 2.05) is 13.8 Å². The second kappa shape index (κ2) is 6.60. The number of hydrogen-bond donors (Lipinski definition) is 2. The zero-order valence-electron chi connectivity index (χ0n) is 12.7. The molecule has 0 radical (unpaired) electrons. The van der Waals surface area contributed by atoms with E-state index in [4.69, 9.17) is 5.11 Å². The lowest BCUT2D eigenvalue weighted by Gasteiger charge is -2.21. The minimum Gasteiger partial charge on any atom is -0.480 e. The van der Waals surface area contributed by atoms with Crippen molar-refractivity contribution in [3.05, 3.63) is 35.4 Å². The number of benzene rings is 1. The highest BCUT2D eigenvalue weighted by Crippen LogP contribution is 2.20. The first-order valence-corrected chi connectivity index (χ1v) is 7.35. The molecule has 1 aromatic carbocycles. The van der Waals surface area contributed by atoms with Crippen LogP contribution in [0.25, 0.3) is 0 Å². The number of carboxylic acid groups (broad SMARTS) is 1. The van der Waals surface area contributed by atoms with Gasteiger partial charge in [-0.25, -0.2) is 4.79 Å². The predicted molar refractivity (Wildman–Crippen MR) is 80.7 cm³/mol. The van der Waals surface area contributed by atoms with Crippen molar-refractivity contribution in [1.82, 2.24) is 10.2 Å². The van der Waals surface area contributed by atoms with Gasteiger partial charge in [-0.2, -0.15) is 0 Å². The fourth-order valence-electron chi connectivity index (χ4n) is 2.54. The van der Waals surface area contributed by atoms with Crippen LogP contribution in [-0.4, -0.2) is 46.4 Å². The minimum atomic E-state index is -0.973. The van der Waals surface area contributed by atoms with Crippen molar-refractivity contribution in [1.29, 1.82) is 0 Å². The largest absolute Gasteiger partial charge is 0.480 e. The topological polar surface area (TPSA) is 86.7 Å². The van der Waals surface area contributed by atoms with Gasteiger partial charge < -0.3 is 15.3 Å². The molecule has 2 rings (SSSR count).